The highest BCUT2D eigenvalue weighted by atomic mass is 35.5. The van der Waals surface area contributed by atoms with Crippen LogP contribution in [-0.2, 0) is 19.1 Å². The van der Waals surface area contributed by atoms with Crippen LogP contribution >= 0.6 is 46.4 Å². The molecule has 0 N–H and O–H groups in total. The Kier molecular flexibility index (Phi) is 4.93. The number of fused-ring (bicyclic) bond motifs is 5. The number of hydrogen-bond donors (Lipinski definition) is 0. The molecule has 1 saturated heterocycles. The number of amides is 2. The first-order chi connectivity index (χ1) is 13.7. The molecular formula is C19H17Cl4NO5. The van der Waals surface area contributed by atoms with Crippen molar-refractivity contribution in [3.8, 4) is 5.75 Å². The van der Waals surface area contributed by atoms with E-state index < -0.39 is 39.2 Å². The number of rotatable bonds is 5. The third-order valence-corrected chi connectivity index (χ3v) is 8.54. The first kappa shape index (κ1) is 21.2. The van der Waals surface area contributed by atoms with Gasteiger partial charge >= 0.3 is 0 Å². The van der Waals surface area contributed by atoms with Crippen LogP contribution in [0.4, 0.5) is 5.69 Å². The number of hydrogen-bond acceptors (Lipinski definition) is 5. The fourth-order valence-electron chi connectivity index (χ4n) is 4.86. The number of anilines is 1. The quantitative estimate of drug-likeness (QED) is 0.364. The van der Waals surface area contributed by atoms with E-state index in [-0.39, 0.29) is 10.1 Å². The summed E-state index contributed by atoms with van der Waals surface area (Å²) in [6.45, 7) is 2.16. The SMILES string of the molecule is CCOc1ccccc1N1C(=O)[C@@H]2[C@H](C1=O)[C@]1(Cl)C(Cl)=C(Cl)[C@]2(Cl)C1(OC)OC. The molecule has 1 aromatic carbocycles. The molecule has 2 aliphatic carbocycles. The number of ether oxygens (including phenoxy) is 3. The molecule has 0 aromatic heterocycles. The van der Waals surface area contributed by atoms with Gasteiger partial charge in [0.25, 0.3) is 0 Å². The van der Waals surface area contributed by atoms with E-state index in [1.54, 1.807) is 31.2 Å². The largest absolute Gasteiger partial charge is 0.492 e. The van der Waals surface area contributed by atoms with Crippen molar-refractivity contribution in [3.05, 3.63) is 34.3 Å². The summed E-state index contributed by atoms with van der Waals surface area (Å²) >= 11 is 26.8. The van der Waals surface area contributed by atoms with E-state index in [0.717, 1.165) is 4.90 Å². The number of para-hydroxylation sites is 2. The Morgan fingerprint density at radius 1 is 0.966 bits per heavy atom. The highest BCUT2D eigenvalue weighted by Crippen LogP contribution is 2.75. The van der Waals surface area contributed by atoms with Gasteiger partial charge in [0.15, 0.2) is 0 Å². The Hall–Kier alpha value is -1.02. The second kappa shape index (κ2) is 6.74. The summed E-state index contributed by atoms with van der Waals surface area (Å²) in [7, 11) is 2.63. The van der Waals surface area contributed by atoms with E-state index in [4.69, 9.17) is 60.6 Å². The number of nitrogens with zero attached hydrogens (tertiary/aromatic N) is 1. The maximum Gasteiger partial charge on any atom is 0.240 e. The van der Waals surface area contributed by atoms with Crippen molar-refractivity contribution in [3.63, 3.8) is 0 Å². The maximum atomic E-state index is 13.5. The number of carbonyl (C=O) groups excluding carboxylic acids is 2. The van der Waals surface area contributed by atoms with E-state index in [2.05, 4.69) is 0 Å². The number of imide groups is 1. The normalized spacial score (nSPS) is 34.9. The molecule has 4 atom stereocenters. The second-order valence-corrected chi connectivity index (χ2v) is 8.89. The number of carbonyl (C=O) groups is 2. The minimum atomic E-state index is -1.80. The third-order valence-electron chi connectivity index (χ3n) is 5.93. The lowest BCUT2D eigenvalue weighted by molar-refractivity contribution is -0.221. The van der Waals surface area contributed by atoms with Gasteiger partial charge in [0.1, 0.15) is 15.5 Å². The van der Waals surface area contributed by atoms with Gasteiger partial charge in [0.2, 0.25) is 17.6 Å². The Balaban J connectivity index is 1.92. The number of methoxy groups -OCH3 is 2. The summed E-state index contributed by atoms with van der Waals surface area (Å²) < 4.78 is 16.7. The molecular weight excluding hydrogens is 464 g/mol. The molecule has 2 bridgehead atoms. The molecule has 2 fully saturated rings. The zero-order chi connectivity index (χ0) is 21.4. The van der Waals surface area contributed by atoms with E-state index in [9.17, 15) is 9.59 Å². The summed E-state index contributed by atoms with van der Waals surface area (Å²) in [5, 5.41) is -0.135. The average Bonchev–Trinajstić information content (AvgIpc) is 3.13. The number of benzene rings is 1. The summed E-state index contributed by atoms with van der Waals surface area (Å²) in [6, 6.07) is 6.72. The molecule has 1 aliphatic heterocycles. The first-order valence-electron chi connectivity index (χ1n) is 8.83. The fourth-order valence-corrected chi connectivity index (χ4v) is 7.02. The third kappa shape index (κ3) is 2.13. The predicted molar refractivity (Wildman–Crippen MR) is 110 cm³/mol. The maximum absolute atomic E-state index is 13.5. The van der Waals surface area contributed by atoms with Gasteiger partial charge in [-0.1, -0.05) is 35.3 Å². The van der Waals surface area contributed by atoms with E-state index in [1.807, 2.05) is 0 Å². The van der Waals surface area contributed by atoms with Gasteiger partial charge < -0.3 is 14.2 Å². The lowest BCUT2D eigenvalue weighted by atomic mass is 9.84. The number of halogens is 4. The monoisotopic (exact) mass is 479 g/mol. The van der Waals surface area contributed by atoms with Crippen molar-refractivity contribution >= 4 is 63.9 Å². The molecule has 0 unspecified atom stereocenters. The highest BCUT2D eigenvalue weighted by molar-refractivity contribution is 6.54. The van der Waals surface area contributed by atoms with Crippen LogP contribution in [0.1, 0.15) is 6.92 Å². The fraction of sp³-hybridized carbons (Fsp3) is 0.474. The molecule has 2 amide bonds. The second-order valence-electron chi connectivity index (χ2n) is 6.94. The Morgan fingerprint density at radius 3 is 1.90 bits per heavy atom. The molecule has 4 rings (SSSR count). The molecule has 6 nitrogen and oxygen atoms in total. The van der Waals surface area contributed by atoms with Crippen molar-refractivity contribution in [1.82, 2.24) is 0 Å². The van der Waals surface area contributed by atoms with Crippen molar-refractivity contribution < 1.29 is 23.8 Å². The molecule has 0 radical (unpaired) electrons. The average molecular weight is 481 g/mol. The van der Waals surface area contributed by atoms with Gasteiger partial charge in [-0.05, 0) is 19.1 Å². The van der Waals surface area contributed by atoms with Crippen molar-refractivity contribution in [2.45, 2.75) is 22.5 Å². The summed E-state index contributed by atoms with van der Waals surface area (Å²) in [4.78, 5) is 24.6. The van der Waals surface area contributed by atoms with Crippen LogP contribution in [-0.4, -0.2) is 48.2 Å². The Labute approximate surface area is 187 Å². The van der Waals surface area contributed by atoms with Gasteiger partial charge in [-0.3, -0.25) is 9.59 Å². The van der Waals surface area contributed by atoms with Crippen LogP contribution in [0.15, 0.2) is 34.3 Å². The summed E-state index contributed by atoms with van der Waals surface area (Å²) in [5.41, 5.74) is 0.298. The van der Waals surface area contributed by atoms with Gasteiger partial charge in [-0.15, -0.1) is 23.2 Å². The van der Waals surface area contributed by atoms with Crippen LogP contribution in [0.25, 0.3) is 0 Å². The first-order valence-corrected chi connectivity index (χ1v) is 10.3. The summed E-state index contributed by atoms with van der Waals surface area (Å²) in [6.07, 6.45) is 0. The lowest BCUT2D eigenvalue weighted by Gasteiger charge is -2.42. The van der Waals surface area contributed by atoms with Crippen molar-refractivity contribution in [2.24, 2.45) is 11.8 Å². The van der Waals surface area contributed by atoms with Crippen LogP contribution in [0.3, 0.4) is 0 Å². The van der Waals surface area contributed by atoms with Crippen molar-refractivity contribution in [1.29, 1.82) is 0 Å². The zero-order valence-corrected chi connectivity index (χ0v) is 18.7. The standard InChI is InChI=1S/C19H17Cl4NO5/c1-4-29-10-8-6-5-7-9(10)24-15(25)11-12(16(24)26)18(23)14(21)13(20)17(11,22)19(18,27-2)28-3/h5-8,11-12H,4H2,1-3H3/t11-,12+,17-,18-/m0/s1. The van der Waals surface area contributed by atoms with Crippen LogP contribution in [0, 0.1) is 11.8 Å². The van der Waals surface area contributed by atoms with E-state index in [1.165, 1.54) is 14.2 Å². The van der Waals surface area contributed by atoms with Gasteiger partial charge in [-0.2, -0.15) is 0 Å². The molecule has 1 aromatic rings. The smallest absolute Gasteiger partial charge is 0.240 e. The zero-order valence-electron chi connectivity index (χ0n) is 15.7. The molecule has 10 heteroatoms. The van der Waals surface area contributed by atoms with E-state index in [0.29, 0.717) is 18.0 Å². The predicted octanol–water partition coefficient (Wildman–Crippen LogP) is 3.85. The highest BCUT2D eigenvalue weighted by Gasteiger charge is 2.89. The minimum absolute atomic E-state index is 0.0677. The van der Waals surface area contributed by atoms with Gasteiger partial charge in [0, 0.05) is 14.2 Å². The Bertz CT molecular complexity index is 902. The van der Waals surface area contributed by atoms with Crippen molar-refractivity contribution in [2.75, 3.05) is 25.7 Å². The molecule has 156 valence electrons. The molecule has 0 spiro atoms. The lowest BCUT2D eigenvalue weighted by Crippen LogP contribution is -2.60. The van der Waals surface area contributed by atoms with Gasteiger partial charge in [-0.25, -0.2) is 4.90 Å². The molecule has 1 heterocycles. The van der Waals surface area contributed by atoms with E-state index >= 15 is 0 Å². The number of alkyl halides is 2. The summed E-state index contributed by atoms with van der Waals surface area (Å²) in [5.74, 6) is -4.86. The molecule has 3 aliphatic rings. The van der Waals surface area contributed by atoms with Crippen LogP contribution in [0.5, 0.6) is 5.75 Å². The topological polar surface area (TPSA) is 65.1 Å². The molecule has 29 heavy (non-hydrogen) atoms. The molecule has 1 saturated carbocycles. The minimum Gasteiger partial charge on any atom is -0.492 e. The van der Waals surface area contributed by atoms with Gasteiger partial charge in [0.05, 0.1) is 34.2 Å². The Morgan fingerprint density at radius 2 is 1.45 bits per heavy atom. The van der Waals surface area contributed by atoms with Crippen LogP contribution in [0.2, 0.25) is 0 Å². The van der Waals surface area contributed by atoms with Crippen LogP contribution < -0.4 is 9.64 Å².